The van der Waals surface area contributed by atoms with E-state index in [-0.39, 0.29) is 5.69 Å². The van der Waals surface area contributed by atoms with Crippen LogP contribution in [0.2, 0.25) is 0 Å². The first-order valence-electron chi connectivity index (χ1n) is 5.45. The number of carbonyl (C=O) groups is 1. The Balaban J connectivity index is 2.81. The molecule has 0 aliphatic heterocycles. The molecular formula is C11H14FN3O3S. The fraction of sp³-hybridized carbons (Fsp3) is 0.364. The largest absolute Gasteiger partial charge is 0.320 e. The van der Waals surface area contributed by atoms with Gasteiger partial charge in [0.25, 0.3) is 5.69 Å². The third-order valence-corrected chi connectivity index (χ3v) is 3.03. The standard InChI is InChI=1S/C11H14FN3O3S/c1-19-5-4-8(13)11(16)14-9-3-2-7(12)6-10(9)15(17)18/h2-3,6,8H,4-5,13H2,1H3,(H,14,16)/t8-/m1/s1. The van der Waals surface area contributed by atoms with Gasteiger partial charge in [0.1, 0.15) is 11.5 Å². The zero-order valence-corrected chi connectivity index (χ0v) is 11.1. The summed E-state index contributed by atoms with van der Waals surface area (Å²) in [4.78, 5) is 21.7. The van der Waals surface area contributed by atoms with Crippen LogP contribution in [0.3, 0.4) is 0 Å². The van der Waals surface area contributed by atoms with E-state index in [1.54, 1.807) is 11.8 Å². The smallest absolute Gasteiger partial charge is 0.295 e. The lowest BCUT2D eigenvalue weighted by molar-refractivity contribution is -0.384. The van der Waals surface area contributed by atoms with Crippen molar-refractivity contribution in [3.05, 3.63) is 34.1 Å². The van der Waals surface area contributed by atoms with Gasteiger partial charge in [-0.3, -0.25) is 14.9 Å². The molecule has 0 fully saturated rings. The second kappa shape index (κ2) is 7.05. The maximum Gasteiger partial charge on any atom is 0.295 e. The highest BCUT2D eigenvalue weighted by atomic mass is 32.2. The van der Waals surface area contributed by atoms with Gasteiger partial charge in [-0.05, 0) is 30.6 Å². The maximum absolute atomic E-state index is 12.9. The van der Waals surface area contributed by atoms with Crippen LogP contribution in [-0.2, 0) is 4.79 Å². The molecule has 0 radical (unpaired) electrons. The van der Waals surface area contributed by atoms with E-state index in [0.717, 1.165) is 18.2 Å². The average molecular weight is 287 g/mol. The molecular weight excluding hydrogens is 273 g/mol. The molecule has 3 N–H and O–H groups in total. The molecule has 1 amide bonds. The van der Waals surface area contributed by atoms with Crippen LogP contribution < -0.4 is 11.1 Å². The van der Waals surface area contributed by atoms with Crippen molar-refractivity contribution in [1.82, 2.24) is 0 Å². The minimum absolute atomic E-state index is 0.0593. The lowest BCUT2D eigenvalue weighted by atomic mass is 10.2. The molecule has 0 bridgehead atoms. The summed E-state index contributed by atoms with van der Waals surface area (Å²) in [5.74, 6) is -0.555. The van der Waals surface area contributed by atoms with E-state index < -0.39 is 28.4 Å². The number of nitrogens with two attached hydrogens (primary N) is 1. The van der Waals surface area contributed by atoms with Crippen LogP contribution in [0.25, 0.3) is 0 Å². The normalized spacial score (nSPS) is 11.9. The molecule has 0 saturated heterocycles. The topological polar surface area (TPSA) is 98.3 Å². The number of benzene rings is 1. The molecule has 0 aliphatic rings. The SMILES string of the molecule is CSCC[C@@H](N)C(=O)Nc1ccc(F)cc1[N+](=O)[O-]. The number of nitro groups is 1. The summed E-state index contributed by atoms with van der Waals surface area (Å²) in [5.41, 5.74) is 5.08. The first-order chi connectivity index (χ1) is 8.95. The van der Waals surface area contributed by atoms with Crippen LogP contribution >= 0.6 is 11.8 Å². The van der Waals surface area contributed by atoms with Gasteiger partial charge in [-0.25, -0.2) is 4.39 Å². The second-order valence-electron chi connectivity index (χ2n) is 3.80. The van der Waals surface area contributed by atoms with Crippen molar-refractivity contribution in [2.24, 2.45) is 5.73 Å². The summed E-state index contributed by atoms with van der Waals surface area (Å²) in [6.07, 6.45) is 2.34. The molecule has 0 aromatic heterocycles. The number of nitrogens with zero attached hydrogens (tertiary/aromatic N) is 1. The minimum Gasteiger partial charge on any atom is -0.320 e. The molecule has 8 heteroatoms. The molecule has 1 aromatic carbocycles. The van der Waals surface area contributed by atoms with E-state index in [4.69, 9.17) is 5.73 Å². The summed E-state index contributed by atoms with van der Waals surface area (Å²) >= 11 is 1.55. The number of nitrogens with one attached hydrogen (secondary N) is 1. The number of anilines is 1. The van der Waals surface area contributed by atoms with Crippen LogP contribution in [0.5, 0.6) is 0 Å². The Morgan fingerprint density at radius 1 is 1.63 bits per heavy atom. The number of hydrogen-bond acceptors (Lipinski definition) is 5. The molecule has 6 nitrogen and oxygen atoms in total. The highest BCUT2D eigenvalue weighted by Gasteiger charge is 2.19. The van der Waals surface area contributed by atoms with Crippen molar-refractivity contribution >= 4 is 29.0 Å². The van der Waals surface area contributed by atoms with Crippen molar-refractivity contribution in [3.63, 3.8) is 0 Å². The molecule has 0 unspecified atom stereocenters. The van der Waals surface area contributed by atoms with Gasteiger partial charge in [-0.2, -0.15) is 11.8 Å². The average Bonchev–Trinajstić information content (AvgIpc) is 2.37. The number of thioether (sulfide) groups is 1. The molecule has 104 valence electrons. The Labute approximate surface area is 113 Å². The number of hydrogen-bond donors (Lipinski definition) is 2. The number of halogens is 1. The Morgan fingerprint density at radius 3 is 2.89 bits per heavy atom. The van der Waals surface area contributed by atoms with Crippen LogP contribution in [0.4, 0.5) is 15.8 Å². The van der Waals surface area contributed by atoms with E-state index in [1.807, 2.05) is 6.26 Å². The van der Waals surface area contributed by atoms with E-state index in [0.29, 0.717) is 12.2 Å². The van der Waals surface area contributed by atoms with Crippen LogP contribution in [0.15, 0.2) is 18.2 Å². The molecule has 1 aromatic rings. The molecule has 19 heavy (non-hydrogen) atoms. The molecule has 0 heterocycles. The summed E-state index contributed by atoms with van der Waals surface area (Å²) in [5, 5.41) is 13.1. The Bertz CT molecular complexity index is 484. The predicted octanol–water partition coefficient (Wildman–Crippen LogP) is 1.75. The van der Waals surface area contributed by atoms with Gasteiger partial charge in [0.05, 0.1) is 17.0 Å². The monoisotopic (exact) mass is 287 g/mol. The molecule has 1 atom stereocenters. The van der Waals surface area contributed by atoms with E-state index in [1.165, 1.54) is 0 Å². The second-order valence-corrected chi connectivity index (χ2v) is 4.78. The number of rotatable bonds is 6. The van der Waals surface area contributed by atoms with Crippen molar-refractivity contribution in [2.45, 2.75) is 12.5 Å². The first-order valence-corrected chi connectivity index (χ1v) is 6.84. The number of carbonyl (C=O) groups excluding carboxylic acids is 1. The van der Waals surface area contributed by atoms with Crippen molar-refractivity contribution in [3.8, 4) is 0 Å². The minimum atomic E-state index is -0.758. The summed E-state index contributed by atoms with van der Waals surface area (Å²) < 4.78 is 12.9. The Kier molecular flexibility index (Phi) is 5.71. The molecule has 0 aliphatic carbocycles. The molecule has 1 rings (SSSR count). The van der Waals surface area contributed by atoms with Crippen molar-refractivity contribution < 1.29 is 14.1 Å². The fourth-order valence-corrected chi connectivity index (χ4v) is 1.85. The lowest BCUT2D eigenvalue weighted by Crippen LogP contribution is -2.36. The van der Waals surface area contributed by atoms with E-state index in [9.17, 15) is 19.3 Å². The van der Waals surface area contributed by atoms with Crippen LogP contribution in [-0.4, -0.2) is 28.9 Å². The van der Waals surface area contributed by atoms with Crippen molar-refractivity contribution in [2.75, 3.05) is 17.3 Å². The Morgan fingerprint density at radius 2 is 2.32 bits per heavy atom. The van der Waals surface area contributed by atoms with Crippen molar-refractivity contribution in [1.29, 1.82) is 0 Å². The zero-order valence-electron chi connectivity index (χ0n) is 10.3. The van der Waals surface area contributed by atoms with Crippen LogP contribution in [0.1, 0.15) is 6.42 Å². The quantitative estimate of drug-likeness (QED) is 0.613. The highest BCUT2D eigenvalue weighted by Crippen LogP contribution is 2.25. The van der Waals surface area contributed by atoms with Gasteiger partial charge < -0.3 is 11.1 Å². The van der Waals surface area contributed by atoms with E-state index >= 15 is 0 Å². The lowest BCUT2D eigenvalue weighted by Gasteiger charge is -2.11. The fourth-order valence-electron chi connectivity index (χ4n) is 1.36. The van der Waals surface area contributed by atoms with Gasteiger partial charge in [0.2, 0.25) is 5.91 Å². The summed E-state index contributed by atoms with van der Waals surface area (Å²) in [7, 11) is 0. The Hall–Kier alpha value is -1.67. The third kappa shape index (κ3) is 4.49. The van der Waals surface area contributed by atoms with Gasteiger partial charge in [-0.15, -0.1) is 0 Å². The maximum atomic E-state index is 12.9. The van der Waals surface area contributed by atoms with Gasteiger partial charge in [0.15, 0.2) is 0 Å². The van der Waals surface area contributed by atoms with Gasteiger partial charge in [0, 0.05) is 0 Å². The third-order valence-electron chi connectivity index (χ3n) is 2.38. The number of amides is 1. The molecule has 0 spiro atoms. The summed E-state index contributed by atoms with van der Waals surface area (Å²) in [6.45, 7) is 0. The molecule has 0 saturated carbocycles. The van der Waals surface area contributed by atoms with Gasteiger partial charge >= 0.3 is 0 Å². The van der Waals surface area contributed by atoms with Gasteiger partial charge in [-0.1, -0.05) is 0 Å². The van der Waals surface area contributed by atoms with E-state index in [2.05, 4.69) is 5.32 Å². The first kappa shape index (κ1) is 15.4. The number of nitro benzene ring substituents is 1. The predicted molar refractivity (Wildman–Crippen MR) is 72.7 cm³/mol. The highest BCUT2D eigenvalue weighted by molar-refractivity contribution is 7.98. The zero-order chi connectivity index (χ0) is 14.4. The van der Waals surface area contributed by atoms with Crippen LogP contribution in [0, 0.1) is 15.9 Å². The summed E-state index contributed by atoms with van der Waals surface area (Å²) in [6, 6.07) is 2.18.